The largest absolute Gasteiger partial charge is 0.507 e. The van der Waals surface area contributed by atoms with Gasteiger partial charge in [-0.05, 0) is 29.8 Å². The number of Topliss-reactive ketones (excluding diaryl/α,β-unsaturated/α-hetero) is 1. The van der Waals surface area contributed by atoms with Crippen molar-refractivity contribution in [3.05, 3.63) is 89.8 Å². The van der Waals surface area contributed by atoms with Crippen molar-refractivity contribution >= 4 is 44.1 Å². The summed E-state index contributed by atoms with van der Waals surface area (Å²) in [5, 5.41) is 11.4. The SMILES string of the molecule is COc1ccc2nc(N3C(=O)C(=O)C(=C(O)c4ccccc4)C3c3cccnc3)sc2c1. The van der Waals surface area contributed by atoms with E-state index in [2.05, 4.69) is 9.97 Å². The van der Waals surface area contributed by atoms with E-state index in [1.807, 2.05) is 12.1 Å². The van der Waals surface area contributed by atoms with Crippen molar-refractivity contribution in [3.8, 4) is 5.75 Å². The van der Waals surface area contributed by atoms with Gasteiger partial charge in [-0.2, -0.15) is 0 Å². The summed E-state index contributed by atoms with van der Waals surface area (Å²) in [7, 11) is 1.58. The maximum atomic E-state index is 13.2. The maximum absolute atomic E-state index is 13.2. The van der Waals surface area contributed by atoms with Crippen LogP contribution in [0.15, 0.2) is 78.6 Å². The van der Waals surface area contributed by atoms with Crippen LogP contribution in [-0.2, 0) is 9.59 Å². The number of anilines is 1. The van der Waals surface area contributed by atoms with Gasteiger partial charge in [-0.3, -0.25) is 19.5 Å². The van der Waals surface area contributed by atoms with Crippen molar-refractivity contribution in [1.29, 1.82) is 0 Å². The van der Waals surface area contributed by atoms with Gasteiger partial charge >= 0.3 is 5.91 Å². The Labute approximate surface area is 187 Å². The number of benzene rings is 2. The van der Waals surface area contributed by atoms with Crippen LogP contribution >= 0.6 is 11.3 Å². The second-order valence-electron chi connectivity index (χ2n) is 7.15. The quantitative estimate of drug-likeness (QED) is 0.287. The molecule has 4 aromatic rings. The molecule has 0 aliphatic carbocycles. The van der Waals surface area contributed by atoms with Crippen LogP contribution in [0.1, 0.15) is 17.2 Å². The van der Waals surface area contributed by atoms with Gasteiger partial charge in [-0.1, -0.05) is 47.7 Å². The maximum Gasteiger partial charge on any atom is 0.301 e. The molecule has 3 heterocycles. The summed E-state index contributed by atoms with van der Waals surface area (Å²) < 4.78 is 6.09. The first-order chi connectivity index (χ1) is 15.6. The molecule has 5 rings (SSSR count). The van der Waals surface area contributed by atoms with Gasteiger partial charge in [0.25, 0.3) is 5.78 Å². The summed E-state index contributed by atoms with van der Waals surface area (Å²) in [4.78, 5) is 36.4. The molecular weight excluding hydrogens is 426 g/mol. The van der Waals surface area contributed by atoms with Gasteiger partial charge in [0.15, 0.2) is 5.13 Å². The van der Waals surface area contributed by atoms with Crippen LogP contribution in [0.3, 0.4) is 0 Å². The van der Waals surface area contributed by atoms with E-state index in [1.165, 1.54) is 16.2 Å². The molecule has 1 fully saturated rings. The predicted octanol–water partition coefficient (Wildman–Crippen LogP) is 4.33. The van der Waals surface area contributed by atoms with E-state index in [4.69, 9.17) is 4.74 Å². The predicted molar refractivity (Wildman–Crippen MR) is 122 cm³/mol. The Kier molecular flexibility index (Phi) is 4.91. The minimum Gasteiger partial charge on any atom is -0.507 e. The van der Waals surface area contributed by atoms with Crippen molar-refractivity contribution in [2.45, 2.75) is 6.04 Å². The molecule has 8 heteroatoms. The molecule has 32 heavy (non-hydrogen) atoms. The van der Waals surface area contributed by atoms with Gasteiger partial charge < -0.3 is 9.84 Å². The Balaban J connectivity index is 1.71. The number of carbonyl (C=O) groups excluding carboxylic acids is 2. The van der Waals surface area contributed by atoms with Crippen LogP contribution in [0.4, 0.5) is 5.13 Å². The van der Waals surface area contributed by atoms with E-state index in [1.54, 1.807) is 68.0 Å². The molecular formula is C24H17N3O4S. The normalized spacial score (nSPS) is 17.8. The number of methoxy groups -OCH3 is 1. The summed E-state index contributed by atoms with van der Waals surface area (Å²) in [6, 6.07) is 16.7. The summed E-state index contributed by atoms with van der Waals surface area (Å²) >= 11 is 1.27. The number of thiazole rings is 1. The summed E-state index contributed by atoms with van der Waals surface area (Å²) in [5.41, 5.74) is 1.74. The molecule has 1 atom stereocenters. The highest BCUT2D eigenvalue weighted by molar-refractivity contribution is 7.22. The molecule has 2 aromatic carbocycles. The summed E-state index contributed by atoms with van der Waals surface area (Å²) in [5.74, 6) is -1.08. The highest BCUT2D eigenvalue weighted by Gasteiger charge is 2.48. The highest BCUT2D eigenvalue weighted by atomic mass is 32.1. The molecule has 0 spiro atoms. The number of fused-ring (bicyclic) bond motifs is 1. The zero-order valence-corrected chi connectivity index (χ0v) is 17.7. The third-order valence-corrected chi connectivity index (χ3v) is 6.30. The second-order valence-corrected chi connectivity index (χ2v) is 8.16. The molecule has 1 saturated heterocycles. The zero-order chi connectivity index (χ0) is 22.2. The number of hydrogen-bond acceptors (Lipinski definition) is 7. The van der Waals surface area contributed by atoms with E-state index >= 15 is 0 Å². The number of rotatable bonds is 4. The van der Waals surface area contributed by atoms with Crippen molar-refractivity contribution in [2.24, 2.45) is 0 Å². The monoisotopic (exact) mass is 443 g/mol. The second kappa shape index (κ2) is 7.90. The first-order valence-corrected chi connectivity index (χ1v) is 10.6. The first kappa shape index (κ1) is 19.9. The third kappa shape index (κ3) is 3.21. The molecule has 1 aliphatic rings. The van der Waals surface area contributed by atoms with Gasteiger partial charge in [0.2, 0.25) is 0 Å². The molecule has 1 unspecified atom stereocenters. The molecule has 0 saturated carbocycles. The van der Waals surface area contributed by atoms with Crippen molar-refractivity contribution in [3.63, 3.8) is 0 Å². The number of aromatic nitrogens is 2. The minimum absolute atomic E-state index is 0.00559. The number of amides is 1. The lowest BCUT2D eigenvalue weighted by Crippen LogP contribution is -2.29. The van der Waals surface area contributed by atoms with Crippen LogP contribution in [0.2, 0.25) is 0 Å². The summed E-state index contributed by atoms with van der Waals surface area (Å²) in [6.07, 6.45) is 3.19. The van der Waals surface area contributed by atoms with E-state index in [-0.39, 0.29) is 11.3 Å². The topological polar surface area (TPSA) is 92.6 Å². The number of ether oxygens (including phenoxy) is 1. The number of carbonyl (C=O) groups is 2. The molecule has 0 bridgehead atoms. The Morgan fingerprint density at radius 2 is 1.91 bits per heavy atom. The molecule has 1 aliphatic heterocycles. The standard InChI is InChI=1S/C24H17N3O4S/c1-31-16-9-10-17-18(12-16)32-24(26-17)27-20(15-8-5-11-25-13-15)19(22(29)23(27)30)21(28)14-6-3-2-4-7-14/h2-13,20,28H,1H3. The number of pyridine rings is 1. The van der Waals surface area contributed by atoms with Crippen LogP contribution in [0.5, 0.6) is 5.75 Å². The lowest BCUT2D eigenvalue weighted by atomic mass is 9.96. The van der Waals surface area contributed by atoms with Crippen LogP contribution in [-0.4, -0.2) is 33.9 Å². The first-order valence-electron chi connectivity index (χ1n) is 9.79. The number of aliphatic hydroxyl groups excluding tert-OH is 1. The Morgan fingerprint density at radius 1 is 1.09 bits per heavy atom. The van der Waals surface area contributed by atoms with E-state index in [0.29, 0.717) is 27.5 Å². The third-order valence-electron chi connectivity index (χ3n) is 5.28. The molecule has 1 amide bonds. The highest BCUT2D eigenvalue weighted by Crippen LogP contribution is 2.44. The summed E-state index contributed by atoms with van der Waals surface area (Å²) in [6.45, 7) is 0. The fraction of sp³-hybridized carbons (Fsp3) is 0.0833. The smallest absolute Gasteiger partial charge is 0.301 e. The van der Waals surface area contributed by atoms with Gasteiger partial charge in [-0.15, -0.1) is 0 Å². The van der Waals surface area contributed by atoms with Crippen molar-refractivity contribution in [2.75, 3.05) is 12.0 Å². The minimum atomic E-state index is -0.855. The number of hydrogen-bond donors (Lipinski definition) is 1. The Hall–Kier alpha value is -4.04. The van der Waals surface area contributed by atoms with Crippen LogP contribution in [0, 0.1) is 0 Å². The van der Waals surface area contributed by atoms with Crippen molar-refractivity contribution < 1.29 is 19.4 Å². The average Bonchev–Trinajstić information content (AvgIpc) is 3.37. The average molecular weight is 443 g/mol. The van der Waals surface area contributed by atoms with Gasteiger partial charge in [0.05, 0.1) is 28.9 Å². The fourth-order valence-corrected chi connectivity index (χ4v) is 4.78. The van der Waals surface area contributed by atoms with E-state index < -0.39 is 17.7 Å². The number of aliphatic hydroxyl groups is 1. The van der Waals surface area contributed by atoms with Gasteiger partial charge in [-0.25, -0.2) is 4.98 Å². The molecule has 1 N–H and O–H groups in total. The Bertz CT molecular complexity index is 1370. The van der Waals surface area contributed by atoms with E-state index in [0.717, 1.165) is 4.70 Å². The van der Waals surface area contributed by atoms with Gasteiger partial charge in [0.1, 0.15) is 11.5 Å². The number of nitrogens with zero attached hydrogens (tertiary/aromatic N) is 3. The fourth-order valence-electron chi connectivity index (χ4n) is 3.76. The van der Waals surface area contributed by atoms with Crippen LogP contribution in [0.25, 0.3) is 16.0 Å². The van der Waals surface area contributed by atoms with Gasteiger partial charge in [0, 0.05) is 18.0 Å². The Morgan fingerprint density at radius 3 is 2.62 bits per heavy atom. The lowest BCUT2D eigenvalue weighted by molar-refractivity contribution is -0.132. The van der Waals surface area contributed by atoms with Crippen LogP contribution < -0.4 is 9.64 Å². The molecule has 158 valence electrons. The zero-order valence-electron chi connectivity index (χ0n) is 16.9. The number of ketones is 1. The lowest BCUT2D eigenvalue weighted by Gasteiger charge is -2.22. The molecule has 7 nitrogen and oxygen atoms in total. The van der Waals surface area contributed by atoms with Crippen molar-refractivity contribution in [1.82, 2.24) is 9.97 Å². The molecule has 2 aromatic heterocycles. The van der Waals surface area contributed by atoms with E-state index in [9.17, 15) is 14.7 Å². The molecule has 0 radical (unpaired) electrons.